The molecule has 2 aromatic rings. The molecule has 1 N–H and O–H groups in total. The molecule has 0 atom stereocenters. The molecule has 3 nitrogen and oxygen atoms in total. The first-order valence-corrected chi connectivity index (χ1v) is 9.78. The molecular formula is C20H27NO2S. The molecule has 2 rings (SSSR count). The van der Waals surface area contributed by atoms with Gasteiger partial charge in [-0.3, -0.25) is 4.79 Å². The third-order valence-electron chi connectivity index (χ3n) is 4.09. The van der Waals surface area contributed by atoms with Gasteiger partial charge >= 0.3 is 5.97 Å². The minimum atomic E-state index is -0.793. The van der Waals surface area contributed by atoms with E-state index in [0.29, 0.717) is 0 Å². The van der Waals surface area contributed by atoms with Crippen LogP contribution in [0.1, 0.15) is 61.8 Å². The van der Waals surface area contributed by atoms with E-state index in [-0.39, 0.29) is 6.42 Å². The molecular weight excluding hydrogens is 318 g/mol. The first kappa shape index (κ1) is 18.7. The van der Waals surface area contributed by atoms with Gasteiger partial charge in [-0.15, -0.1) is 11.3 Å². The van der Waals surface area contributed by atoms with E-state index in [1.54, 1.807) is 11.3 Å². The highest BCUT2D eigenvalue weighted by Gasteiger charge is 2.15. The van der Waals surface area contributed by atoms with E-state index in [1.807, 2.05) is 30.3 Å². The Morgan fingerprint density at radius 1 is 1.04 bits per heavy atom. The van der Waals surface area contributed by atoms with Crippen molar-refractivity contribution in [3.05, 3.63) is 40.2 Å². The number of rotatable bonds is 11. The molecule has 24 heavy (non-hydrogen) atoms. The zero-order valence-electron chi connectivity index (χ0n) is 14.5. The van der Waals surface area contributed by atoms with Crippen LogP contribution in [0.3, 0.4) is 0 Å². The third kappa shape index (κ3) is 6.08. The minimum Gasteiger partial charge on any atom is -0.481 e. The van der Waals surface area contributed by atoms with E-state index in [1.165, 1.54) is 38.5 Å². The van der Waals surface area contributed by atoms with Crippen molar-refractivity contribution >= 4 is 17.3 Å². The van der Waals surface area contributed by atoms with Crippen LogP contribution in [0.5, 0.6) is 0 Å². The number of carboxylic acids is 1. The van der Waals surface area contributed by atoms with Crippen molar-refractivity contribution in [1.82, 2.24) is 4.98 Å². The van der Waals surface area contributed by atoms with Crippen LogP contribution >= 0.6 is 11.3 Å². The van der Waals surface area contributed by atoms with Crippen molar-refractivity contribution in [2.45, 2.75) is 64.7 Å². The number of carboxylic acid groups (broad SMARTS) is 1. The summed E-state index contributed by atoms with van der Waals surface area (Å²) in [6, 6.07) is 9.90. The number of hydrogen-bond acceptors (Lipinski definition) is 3. The van der Waals surface area contributed by atoms with Crippen LogP contribution in [0, 0.1) is 0 Å². The molecule has 0 amide bonds. The van der Waals surface area contributed by atoms with Gasteiger partial charge in [-0.05, 0) is 12.8 Å². The Labute approximate surface area is 148 Å². The van der Waals surface area contributed by atoms with Crippen LogP contribution in [0.4, 0.5) is 0 Å². The molecule has 4 heteroatoms. The summed E-state index contributed by atoms with van der Waals surface area (Å²) in [5.74, 6) is -0.793. The number of carbonyl (C=O) groups is 1. The number of thiazole rings is 1. The van der Waals surface area contributed by atoms with E-state index in [9.17, 15) is 4.79 Å². The summed E-state index contributed by atoms with van der Waals surface area (Å²) in [5, 5.41) is 10.2. The zero-order chi connectivity index (χ0) is 17.2. The van der Waals surface area contributed by atoms with Crippen molar-refractivity contribution < 1.29 is 9.90 Å². The summed E-state index contributed by atoms with van der Waals surface area (Å²) in [7, 11) is 0. The second-order valence-electron chi connectivity index (χ2n) is 6.19. The van der Waals surface area contributed by atoms with Crippen LogP contribution in [0.25, 0.3) is 11.3 Å². The summed E-state index contributed by atoms with van der Waals surface area (Å²) >= 11 is 1.56. The number of benzene rings is 1. The smallest absolute Gasteiger partial charge is 0.308 e. The van der Waals surface area contributed by atoms with E-state index in [4.69, 9.17) is 10.1 Å². The Hall–Kier alpha value is -1.68. The van der Waals surface area contributed by atoms with Crippen molar-refractivity contribution in [3.63, 3.8) is 0 Å². The van der Waals surface area contributed by atoms with Crippen LogP contribution in [-0.2, 0) is 17.6 Å². The van der Waals surface area contributed by atoms with E-state index in [0.717, 1.165) is 34.0 Å². The van der Waals surface area contributed by atoms with Crippen LogP contribution in [0.15, 0.2) is 30.3 Å². The predicted octanol–water partition coefficient (Wildman–Crippen LogP) is 5.73. The summed E-state index contributed by atoms with van der Waals surface area (Å²) in [6.07, 6.45) is 9.97. The lowest BCUT2D eigenvalue weighted by atomic mass is 10.1. The number of unbranched alkanes of at least 4 members (excludes halogenated alkanes) is 6. The highest BCUT2D eigenvalue weighted by atomic mass is 32.1. The normalized spacial score (nSPS) is 10.9. The van der Waals surface area contributed by atoms with Crippen LogP contribution in [-0.4, -0.2) is 16.1 Å². The van der Waals surface area contributed by atoms with Gasteiger partial charge < -0.3 is 5.11 Å². The lowest BCUT2D eigenvalue weighted by Gasteiger charge is -2.00. The molecule has 1 heterocycles. The lowest BCUT2D eigenvalue weighted by molar-refractivity contribution is -0.136. The molecule has 0 aliphatic carbocycles. The highest BCUT2D eigenvalue weighted by molar-refractivity contribution is 7.12. The minimum absolute atomic E-state index is 0.0545. The molecule has 0 unspecified atom stereocenters. The molecule has 1 aromatic heterocycles. The molecule has 0 aliphatic rings. The Morgan fingerprint density at radius 2 is 1.71 bits per heavy atom. The number of nitrogens with zero attached hydrogens (tertiary/aromatic N) is 1. The Kier molecular flexibility index (Phi) is 7.96. The van der Waals surface area contributed by atoms with Crippen molar-refractivity contribution in [2.24, 2.45) is 0 Å². The van der Waals surface area contributed by atoms with Gasteiger partial charge in [0.05, 0.1) is 17.1 Å². The van der Waals surface area contributed by atoms with Crippen molar-refractivity contribution in [1.29, 1.82) is 0 Å². The van der Waals surface area contributed by atoms with Gasteiger partial charge in [0.15, 0.2) is 0 Å². The zero-order valence-corrected chi connectivity index (χ0v) is 15.3. The maximum Gasteiger partial charge on any atom is 0.308 e. The van der Waals surface area contributed by atoms with Gasteiger partial charge in [-0.25, -0.2) is 4.98 Å². The quantitative estimate of drug-likeness (QED) is 0.529. The molecule has 1 aromatic carbocycles. The van der Waals surface area contributed by atoms with Gasteiger partial charge in [-0.1, -0.05) is 75.8 Å². The number of aromatic nitrogens is 1. The first-order chi connectivity index (χ1) is 11.7. The molecule has 0 radical (unpaired) electrons. The fraction of sp³-hybridized carbons (Fsp3) is 0.500. The molecule has 0 saturated carbocycles. The maximum atomic E-state index is 11.1. The fourth-order valence-corrected chi connectivity index (χ4v) is 3.94. The molecule has 130 valence electrons. The summed E-state index contributed by atoms with van der Waals surface area (Å²) in [4.78, 5) is 16.7. The molecule has 0 spiro atoms. The second-order valence-corrected chi connectivity index (χ2v) is 7.36. The maximum absolute atomic E-state index is 11.1. The van der Waals surface area contributed by atoms with Crippen molar-refractivity contribution in [2.75, 3.05) is 0 Å². The molecule has 0 fully saturated rings. The third-order valence-corrected chi connectivity index (χ3v) is 5.21. The van der Waals surface area contributed by atoms with Gasteiger partial charge in [0, 0.05) is 10.4 Å². The summed E-state index contributed by atoms with van der Waals surface area (Å²) < 4.78 is 0. The number of aryl methyl sites for hydroxylation is 1. The van der Waals surface area contributed by atoms with Crippen LogP contribution < -0.4 is 0 Å². The van der Waals surface area contributed by atoms with Gasteiger partial charge in [0.2, 0.25) is 0 Å². The first-order valence-electron chi connectivity index (χ1n) is 8.96. The standard InChI is InChI=1S/C20H27NO2S/c1-2-3-4-5-6-7-11-14-18-21-20(16-12-9-8-10-13-16)17(24-18)15-19(22)23/h8-10,12-13H,2-7,11,14-15H2,1H3,(H,22,23). The topological polar surface area (TPSA) is 50.2 Å². The second kappa shape index (κ2) is 10.2. The van der Waals surface area contributed by atoms with Gasteiger partial charge in [0.25, 0.3) is 0 Å². The molecule has 0 aliphatic heterocycles. The summed E-state index contributed by atoms with van der Waals surface area (Å²) in [6.45, 7) is 2.24. The number of aliphatic carboxylic acids is 1. The Balaban J connectivity index is 1.93. The monoisotopic (exact) mass is 345 g/mol. The lowest BCUT2D eigenvalue weighted by Crippen LogP contribution is -1.99. The fourth-order valence-electron chi connectivity index (χ4n) is 2.82. The van der Waals surface area contributed by atoms with Gasteiger partial charge in [-0.2, -0.15) is 0 Å². The average Bonchev–Trinajstić information content (AvgIpc) is 2.97. The van der Waals surface area contributed by atoms with Crippen molar-refractivity contribution in [3.8, 4) is 11.3 Å². The van der Waals surface area contributed by atoms with Gasteiger partial charge in [0.1, 0.15) is 0 Å². The molecule has 0 bridgehead atoms. The Bertz CT molecular complexity index is 622. The number of hydrogen-bond donors (Lipinski definition) is 1. The van der Waals surface area contributed by atoms with E-state index >= 15 is 0 Å². The molecule has 0 saturated heterocycles. The van der Waals surface area contributed by atoms with Crippen LogP contribution in [0.2, 0.25) is 0 Å². The van der Waals surface area contributed by atoms with E-state index in [2.05, 4.69) is 6.92 Å². The Morgan fingerprint density at radius 3 is 2.38 bits per heavy atom. The average molecular weight is 346 g/mol. The largest absolute Gasteiger partial charge is 0.481 e. The summed E-state index contributed by atoms with van der Waals surface area (Å²) in [5.41, 5.74) is 1.86. The SMILES string of the molecule is CCCCCCCCCc1nc(-c2ccccc2)c(CC(=O)O)s1. The van der Waals surface area contributed by atoms with E-state index < -0.39 is 5.97 Å². The highest BCUT2D eigenvalue weighted by Crippen LogP contribution is 2.29. The predicted molar refractivity (Wildman–Crippen MR) is 101 cm³/mol.